The van der Waals surface area contributed by atoms with Crippen LogP contribution in [-0.2, 0) is 10.1 Å². The minimum absolute atomic E-state index is 0.159. The van der Waals surface area contributed by atoms with Crippen LogP contribution < -0.4 is 4.90 Å². The summed E-state index contributed by atoms with van der Waals surface area (Å²) in [5.74, 6) is -0.418. The van der Waals surface area contributed by atoms with Crippen LogP contribution in [0.4, 0.5) is 10.1 Å². The van der Waals surface area contributed by atoms with Crippen molar-refractivity contribution in [2.45, 2.75) is 35.9 Å². The molecule has 2 atom stereocenters. The van der Waals surface area contributed by atoms with Crippen LogP contribution in [0.25, 0.3) is 0 Å². The lowest BCUT2D eigenvalue weighted by molar-refractivity contribution is 0.458. The van der Waals surface area contributed by atoms with Crippen molar-refractivity contribution in [3.05, 3.63) is 24.0 Å². The Kier molecular flexibility index (Phi) is 3.57. The Hall–Kier alpha value is -0.790. The molecule has 7 heteroatoms. The molecule has 1 aromatic rings. The molecular formula is C11H14FNO3S2. The number of benzene rings is 1. The summed E-state index contributed by atoms with van der Waals surface area (Å²) in [7, 11) is -4.20. The summed E-state index contributed by atoms with van der Waals surface area (Å²) in [5, 5.41) is -1.20. The highest BCUT2D eigenvalue weighted by Crippen LogP contribution is 2.45. The highest BCUT2D eigenvalue weighted by Gasteiger charge is 2.37. The van der Waals surface area contributed by atoms with E-state index in [2.05, 4.69) is 0 Å². The van der Waals surface area contributed by atoms with E-state index in [1.165, 1.54) is 23.9 Å². The third-order valence-electron chi connectivity index (χ3n) is 2.89. The lowest BCUT2D eigenvalue weighted by Gasteiger charge is -2.30. The number of anilines is 1. The molecular weight excluding hydrogens is 277 g/mol. The van der Waals surface area contributed by atoms with E-state index in [0.29, 0.717) is 5.69 Å². The Labute approximate surface area is 110 Å². The zero-order chi connectivity index (χ0) is 13.5. The molecule has 4 nitrogen and oxygen atoms in total. The van der Waals surface area contributed by atoms with Gasteiger partial charge in [-0.25, -0.2) is 4.39 Å². The second-order valence-corrected chi connectivity index (χ2v) is 7.05. The predicted octanol–water partition coefficient (Wildman–Crippen LogP) is 2.71. The van der Waals surface area contributed by atoms with Gasteiger partial charge in [-0.3, -0.25) is 4.55 Å². The molecule has 0 spiro atoms. The summed E-state index contributed by atoms with van der Waals surface area (Å²) >= 11 is 1.45. The third kappa shape index (κ3) is 2.34. The summed E-state index contributed by atoms with van der Waals surface area (Å²) in [6.07, 6.45) is 0.236. The molecule has 0 saturated carbocycles. The van der Waals surface area contributed by atoms with Crippen LogP contribution in [0, 0.1) is 5.82 Å². The molecule has 1 aliphatic rings. The average molecular weight is 291 g/mol. The number of nitrogens with zero attached hydrogens (tertiary/aromatic N) is 1. The first-order valence-electron chi connectivity index (χ1n) is 5.55. The molecule has 1 aromatic carbocycles. The van der Waals surface area contributed by atoms with Crippen molar-refractivity contribution < 1.29 is 17.4 Å². The first-order chi connectivity index (χ1) is 8.34. The van der Waals surface area contributed by atoms with Gasteiger partial charge in [-0.2, -0.15) is 8.42 Å². The maximum absolute atomic E-state index is 13.3. The standard InChI is InChI=1S/C11H14FNO3S2/c1-3-11(18(14,15)16)13-7(2)17-10-5-4-8(12)6-9(10)13/h4-7,11H,3H2,1-2H3,(H,14,15,16). The molecule has 0 fully saturated rings. The summed E-state index contributed by atoms with van der Waals surface area (Å²) in [6, 6.07) is 4.28. The minimum Gasteiger partial charge on any atom is -0.340 e. The van der Waals surface area contributed by atoms with E-state index < -0.39 is 21.3 Å². The van der Waals surface area contributed by atoms with Gasteiger partial charge in [0.15, 0.2) is 5.37 Å². The van der Waals surface area contributed by atoms with Gasteiger partial charge in [-0.1, -0.05) is 18.7 Å². The SMILES string of the molecule is CCC(N1c2cc(F)ccc2SC1C)S(=O)(=O)O. The van der Waals surface area contributed by atoms with E-state index in [9.17, 15) is 17.4 Å². The van der Waals surface area contributed by atoms with Crippen LogP contribution in [0.2, 0.25) is 0 Å². The van der Waals surface area contributed by atoms with E-state index in [4.69, 9.17) is 0 Å². The fraction of sp³-hybridized carbons (Fsp3) is 0.455. The number of rotatable bonds is 3. The van der Waals surface area contributed by atoms with Crippen LogP contribution in [0.15, 0.2) is 23.1 Å². The minimum atomic E-state index is -4.20. The van der Waals surface area contributed by atoms with Gasteiger partial charge in [-0.05, 0) is 31.5 Å². The van der Waals surface area contributed by atoms with Gasteiger partial charge < -0.3 is 4.90 Å². The highest BCUT2D eigenvalue weighted by atomic mass is 32.2. The van der Waals surface area contributed by atoms with E-state index in [0.717, 1.165) is 4.90 Å². The second kappa shape index (κ2) is 4.71. The van der Waals surface area contributed by atoms with Crippen molar-refractivity contribution >= 4 is 27.6 Å². The molecule has 1 aliphatic heterocycles. The zero-order valence-electron chi connectivity index (χ0n) is 10.00. The number of hydrogen-bond acceptors (Lipinski definition) is 4. The number of hydrogen-bond donors (Lipinski definition) is 1. The Morgan fingerprint density at radius 2 is 2.22 bits per heavy atom. The first kappa shape index (κ1) is 13.6. The second-order valence-electron chi connectivity index (χ2n) is 4.11. The summed E-state index contributed by atoms with van der Waals surface area (Å²) in [4.78, 5) is 2.38. The quantitative estimate of drug-likeness (QED) is 0.868. The van der Waals surface area contributed by atoms with E-state index in [1.807, 2.05) is 6.92 Å². The lowest BCUT2D eigenvalue weighted by atomic mass is 10.2. The molecule has 2 unspecified atom stereocenters. The Balaban J connectivity index is 2.49. The molecule has 1 heterocycles. The van der Waals surface area contributed by atoms with Crippen LogP contribution in [0.5, 0.6) is 0 Å². The predicted molar refractivity (Wildman–Crippen MR) is 69.8 cm³/mol. The van der Waals surface area contributed by atoms with Crippen LogP contribution in [-0.4, -0.2) is 23.7 Å². The van der Waals surface area contributed by atoms with Gasteiger partial charge in [0, 0.05) is 4.90 Å². The van der Waals surface area contributed by atoms with Gasteiger partial charge in [0.2, 0.25) is 0 Å². The van der Waals surface area contributed by atoms with Crippen molar-refractivity contribution in [1.82, 2.24) is 0 Å². The fourth-order valence-corrected chi connectivity index (χ4v) is 4.42. The smallest absolute Gasteiger partial charge is 0.286 e. The molecule has 0 radical (unpaired) electrons. The normalized spacial score (nSPS) is 20.9. The molecule has 0 amide bonds. The largest absolute Gasteiger partial charge is 0.340 e. The number of halogens is 1. The molecule has 0 aliphatic carbocycles. The van der Waals surface area contributed by atoms with Gasteiger partial charge in [0.05, 0.1) is 11.1 Å². The van der Waals surface area contributed by atoms with E-state index >= 15 is 0 Å². The van der Waals surface area contributed by atoms with Crippen molar-refractivity contribution in [3.63, 3.8) is 0 Å². The first-order valence-corrected chi connectivity index (χ1v) is 7.93. The Morgan fingerprint density at radius 1 is 1.56 bits per heavy atom. The molecule has 0 bridgehead atoms. The highest BCUT2D eigenvalue weighted by molar-refractivity contribution is 8.00. The maximum Gasteiger partial charge on any atom is 0.286 e. The van der Waals surface area contributed by atoms with Crippen molar-refractivity contribution in [3.8, 4) is 0 Å². The monoisotopic (exact) mass is 291 g/mol. The maximum atomic E-state index is 13.3. The van der Waals surface area contributed by atoms with Crippen molar-refractivity contribution in [2.75, 3.05) is 4.90 Å². The fourth-order valence-electron chi connectivity index (χ4n) is 2.17. The summed E-state index contributed by atoms with van der Waals surface area (Å²) < 4.78 is 45.4. The van der Waals surface area contributed by atoms with Gasteiger partial charge in [-0.15, -0.1) is 0 Å². The van der Waals surface area contributed by atoms with E-state index in [-0.39, 0.29) is 11.8 Å². The lowest BCUT2D eigenvalue weighted by Crippen LogP contribution is -2.42. The van der Waals surface area contributed by atoms with E-state index in [1.54, 1.807) is 17.9 Å². The molecule has 100 valence electrons. The molecule has 0 saturated heterocycles. The third-order valence-corrected chi connectivity index (χ3v) is 5.31. The van der Waals surface area contributed by atoms with Gasteiger partial charge in [0.1, 0.15) is 5.82 Å². The van der Waals surface area contributed by atoms with Crippen LogP contribution in [0.1, 0.15) is 20.3 Å². The zero-order valence-corrected chi connectivity index (χ0v) is 11.6. The molecule has 18 heavy (non-hydrogen) atoms. The van der Waals surface area contributed by atoms with Crippen molar-refractivity contribution in [2.24, 2.45) is 0 Å². The Morgan fingerprint density at radius 3 is 2.78 bits per heavy atom. The van der Waals surface area contributed by atoms with Gasteiger partial charge >= 0.3 is 0 Å². The van der Waals surface area contributed by atoms with Crippen molar-refractivity contribution in [1.29, 1.82) is 0 Å². The van der Waals surface area contributed by atoms with Gasteiger partial charge in [0.25, 0.3) is 10.1 Å². The topological polar surface area (TPSA) is 57.6 Å². The molecule has 2 rings (SSSR count). The number of thioether (sulfide) groups is 1. The number of fused-ring (bicyclic) bond motifs is 1. The summed E-state index contributed by atoms with van der Waals surface area (Å²) in [6.45, 7) is 3.50. The molecule has 1 N–H and O–H groups in total. The van der Waals surface area contributed by atoms with Crippen LogP contribution in [0.3, 0.4) is 0 Å². The average Bonchev–Trinajstić information content (AvgIpc) is 2.55. The van der Waals surface area contributed by atoms with Crippen LogP contribution >= 0.6 is 11.8 Å². The Bertz CT molecular complexity index is 561. The molecule has 0 aromatic heterocycles. The summed E-state index contributed by atoms with van der Waals surface area (Å²) in [5.41, 5.74) is 0.525.